The van der Waals surface area contributed by atoms with Crippen LogP contribution in [0.5, 0.6) is 0 Å². The van der Waals surface area contributed by atoms with E-state index in [1.165, 1.54) is 0 Å². The highest BCUT2D eigenvalue weighted by molar-refractivity contribution is 5.53. The van der Waals surface area contributed by atoms with Crippen molar-refractivity contribution in [3.8, 4) is 0 Å². The van der Waals surface area contributed by atoms with Crippen LogP contribution in [0, 0.1) is 0 Å². The molecule has 3 nitrogen and oxygen atoms in total. The van der Waals surface area contributed by atoms with Crippen molar-refractivity contribution < 1.29 is 0 Å². The zero-order valence-corrected chi connectivity index (χ0v) is 6.38. The van der Waals surface area contributed by atoms with E-state index in [0.29, 0.717) is 13.1 Å². The summed E-state index contributed by atoms with van der Waals surface area (Å²) >= 11 is 0. The monoisotopic (exact) mass is 151 g/mol. The first-order valence-corrected chi connectivity index (χ1v) is 3.56. The van der Waals surface area contributed by atoms with E-state index in [2.05, 4.69) is 0 Å². The van der Waals surface area contributed by atoms with Crippen LogP contribution in [0.1, 0.15) is 11.1 Å². The van der Waals surface area contributed by atoms with Crippen molar-refractivity contribution >= 4 is 5.69 Å². The van der Waals surface area contributed by atoms with Crippen LogP contribution >= 0.6 is 0 Å². The summed E-state index contributed by atoms with van der Waals surface area (Å²) in [7, 11) is 0. The fourth-order valence-electron chi connectivity index (χ4n) is 1.02. The third-order valence-corrected chi connectivity index (χ3v) is 1.73. The minimum absolute atomic E-state index is 0.472. The Kier molecular flexibility index (Phi) is 2.46. The molecule has 1 aromatic carbocycles. The van der Waals surface area contributed by atoms with Gasteiger partial charge in [-0.15, -0.1) is 0 Å². The van der Waals surface area contributed by atoms with E-state index in [0.717, 1.165) is 16.8 Å². The van der Waals surface area contributed by atoms with Gasteiger partial charge < -0.3 is 17.2 Å². The zero-order chi connectivity index (χ0) is 8.27. The Hall–Kier alpha value is -1.06. The predicted molar refractivity (Wildman–Crippen MR) is 46.6 cm³/mol. The van der Waals surface area contributed by atoms with E-state index in [1.807, 2.05) is 18.2 Å². The molecule has 0 unspecified atom stereocenters. The molecule has 0 radical (unpaired) electrons. The molecule has 0 aliphatic carbocycles. The van der Waals surface area contributed by atoms with Crippen LogP contribution in [0.2, 0.25) is 0 Å². The highest BCUT2D eigenvalue weighted by Gasteiger charge is 2.00. The van der Waals surface area contributed by atoms with Gasteiger partial charge in [-0.1, -0.05) is 18.2 Å². The normalized spacial score (nSPS) is 10.0. The lowest BCUT2D eigenvalue weighted by molar-refractivity contribution is 1.03. The second kappa shape index (κ2) is 3.37. The second-order valence-electron chi connectivity index (χ2n) is 2.40. The van der Waals surface area contributed by atoms with Gasteiger partial charge in [0.1, 0.15) is 0 Å². The van der Waals surface area contributed by atoms with Crippen molar-refractivity contribution in [1.82, 2.24) is 0 Å². The molecule has 0 aromatic heterocycles. The Morgan fingerprint density at radius 2 is 1.45 bits per heavy atom. The predicted octanol–water partition coefficient (Wildman–Crippen LogP) is 0.186. The molecule has 0 aliphatic rings. The third kappa shape index (κ3) is 1.50. The Morgan fingerprint density at radius 3 is 1.82 bits per heavy atom. The number of rotatable bonds is 2. The van der Waals surface area contributed by atoms with E-state index in [1.54, 1.807) is 0 Å². The Balaban J connectivity index is 3.10. The van der Waals surface area contributed by atoms with E-state index in [4.69, 9.17) is 17.2 Å². The summed E-state index contributed by atoms with van der Waals surface area (Å²) in [6.45, 7) is 0.944. The molecule has 0 bridgehead atoms. The Labute approximate surface area is 66.2 Å². The highest BCUT2D eigenvalue weighted by Crippen LogP contribution is 2.15. The molecule has 0 saturated heterocycles. The maximum absolute atomic E-state index is 5.74. The molecule has 0 heterocycles. The number of hydrogen-bond donors (Lipinski definition) is 3. The van der Waals surface area contributed by atoms with Crippen LogP contribution in [-0.2, 0) is 13.1 Å². The van der Waals surface area contributed by atoms with Gasteiger partial charge in [0, 0.05) is 18.8 Å². The number of hydrogen-bond acceptors (Lipinski definition) is 3. The molecular weight excluding hydrogens is 138 g/mol. The molecule has 0 amide bonds. The molecular formula is C8H13N3. The van der Waals surface area contributed by atoms with E-state index in [-0.39, 0.29) is 0 Å². The maximum atomic E-state index is 5.74. The topological polar surface area (TPSA) is 78.1 Å². The largest absolute Gasteiger partial charge is 0.398 e. The van der Waals surface area contributed by atoms with Gasteiger partial charge in [0.2, 0.25) is 0 Å². The van der Waals surface area contributed by atoms with E-state index < -0.39 is 0 Å². The van der Waals surface area contributed by atoms with Gasteiger partial charge in [-0.05, 0) is 11.1 Å². The van der Waals surface area contributed by atoms with Crippen LogP contribution < -0.4 is 17.2 Å². The van der Waals surface area contributed by atoms with E-state index in [9.17, 15) is 0 Å². The van der Waals surface area contributed by atoms with Gasteiger partial charge in [-0.25, -0.2) is 0 Å². The first-order chi connectivity index (χ1) is 5.29. The number of nitrogens with two attached hydrogens (primary N) is 3. The second-order valence-corrected chi connectivity index (χ2v) is 2.40. The van der Waals surface area contributed by atoms with Gasteiger partial charge in [0.05, 0.1) is 0 Å². The Bertz CT molecular complexity index is 223. The molecule has 0 aliphatic heterocycles. The summed E-state index contributed by atoms with van der Waals surface area (Å²) in [6, 6.07) is 5.74. The van der Waals surface area contributed by atoms with Gasteiger partial charge in [-0.3, -0.25) is 0 Å². The highest BCUT2D eigenvalue weighted by atomic mass is 14.6. The fraction of sp³-hybridized carbons (Fsp3) is 0.250. The summed E-state index contributed by atoms with van der Waals surface area (Å²) in [5.74, 6) is 0. The van der Waals surface area contributed by atoms with Crippen molar-refractivity contribution in [2.24, 2.45) is 11.5 Å². The molecule has 6 N–H and O–H groups in total. The van der Waals surface area contributed by atoms with Crippen LogP contribution in [-0.4, -0.2) is 0 Å². The standard InChI is InChI=1S/C8H13N3/c9-4-6-2-1-3-7(5-10)8(6)11/h1-3H,4-5,9-11H2. The van der Waals surface area contributed by atoms with Crippen molar-refractivity contribution in [2.45, 2.75) is 13.1 Å². The number of benzene rings is 1. The lowest BCUT2D eigenvalue weighted by Gasteiger charge is -2.06. The smallest absolute Gasteiger partial charge is 0.0405 e. The number of para-hydroxylation sites is 1. The summed E-state index contributed by atoms with van der Waals surface area (Å²) < 4.78 is 0. The average Bonchev–Trinajstić information content (AvgIpc) is 2.05. The summed E-state index contributed by atoms with van der Waals surface area (Å²) in [6.07, 6.45) is 0. The molecule has 0 fully saturated rings. The molecule has 0 atom stereocenters. The molecule has 11 heavy (non-hydrogen) atoms. The lowest BCUT2D eigenvalue weighted by Crippen LogP contribution is -2.07. The number of nitrogen functional groups attached to an aromatic ring is 1. The van der Waals surface area contributed by atoms with Crippen molar-refractivity contribution in [3.05, 3.63) is 29.3 Å². The van der Waals surface area contributed by atoms with Crippen molar-refractivity contribution in [2.75, 3.05) is 5.73 Å². The molecule has 1 rings (SSSR count). The molecule has 1 aromatic rings. The third-order valence-electron chi connectivity index (χ3n) is 1.73. The molecule has 0 spiro atoms. The first-order valence-electron chi connectivity index (χ1n) is 3.56. The van der Waals surface area contributed by atoms with Crippen molar-refractivity contribution in [3.63, 3.8) is 0 Å². The van der Waals surface area contributed by atoms with Crippen LogP contribution in [0.15, 0.2) is 18.2 Å². The minimum atomic E-state index is 0.472. The van der Waals surface area contributed by atoms with Gasteiger partial charge >= 0.3 is 0 Å². The van der Waals surface area contributed by atoms with Gasteiger partial charge in [0.25, 0.3) is 0 Å². The maximum Gasteiger partial charge on any atom is 0.0405 e. The van der Waals surface area contributed by atoms with Gasteiger partial charge in [-0.2, -0.15) is 0 Å². The van der Waals surface area contributed by atoms with Crippen LogP contribution in [0.25, 0.3) is 0 Å². The molecule has 3 heteroatoms. The SMILES string of the molecule is NCc1cccc(CN)c1N. The summed E-state index contributed by atoms with van der Waals surface area (Å²) in [4.78, 5) is 0. The fourth-order valence-corrected chi connectivity index (χ4v) is 1.02. The van der Waals surface area contributed by atoms with E-state index >= 15 is 0 Å². The number of anilines is 1. The lowest BCUT2D eigenvalue weighted by atomic mass is 10.1. The van der Waals surface area contributed by atoms with Gasteiger partial charge in [0.15, 0.2) is 0 Å². The first kappa shape index (κ1) is 8.04. The van der Waals surface area contributed by atoms with Crippen LogP contribution in [0.4, 0.5) is 5.69 Å². The zero-order valence-electron chi connectivity index (χ0n) is 6.38. The quantitative estimate of drug-likeness (QED) is 0.528. The summed E-state index contributed by atoms with van der Waals surface area (Å²) in [5, 5.41) is 0. The van der Waals surface area contributed by atoms with Crippen LogP contribution in [0.3, 0.4) is 0 Å². The average molecular weight is 151 g/mol. The molecule has 60 valence electrons. The minimum Gasteiger partial charge on any atom is -0.398 e. The Morgan fingerprint density at radius 1 is 1.00 bits per heavy atom. The molecule has 0 saturated carbocycles. The summed E-state index contributed by atoms with van der Waals surface area (Å²) in [5.41, 5.74) is 19.3. The van der Waals surface area contributed by atoms with Crippen molar-refractivity contribution in [1.29, 1.82) is 0 Å².